The number of aliphatic hydroxyl groups is 1. The molecule has 0 bridgehead atoms. The predicted octanol–water partition coefficient (Wildman–Crippen LogP) is 2.54. The number of carbonyl (C=O) groups excluding carboxylic acids is 1. The first-order valence-corrected chi connectivity index (χ1v) is 6.32. The van der Waals surface area contributed by atoms with Crippen LogP contribution in [-0.2, 0) is 0 Å². The molecule has 1 atom stereocenters. The maximum absolute atomic E-state index is 12.1. The van der Waals surface area contributed by atoms with E-state index < -0.39 is 12.7 Å². The topological polar surface area (TPSA) is 61.8 Å². The van der Waals surface area contributed by atoms with E-state index in [9.17, 15) is 18.7 Å². The molecule has 1 fully saturated rings. The van der Waals surface area contributed by atoms with Crippen LogP contribution in [0.5, 0.6) is 5.75 Å². The molecule has 1 aliphatic rings. The summed E-state index contributed by atoms with van der Waals surface area (Å²) < 4.78 is 28.3. The fraction of sp³-hybridized carbons (Fsp3) is 0.417. The molecule has 0 radical (unpaired) electrons. The van der Waals surface area contributed by atoms with Crippen molar-refractivity contribution in [3.8, 4) is 5.75 Å². The number of aliphatic hydroxyl groups excluding tert-OH is 1. The van der Waals surface area contributed by atoms with Crippen molar-refractivity contribution in [3.05, 3.63) is 23.2 Å². The largest absolute Gasteiger partial charge is 0.433 e. The molecule has 0 saturated carbocycles. The number of nitrogens with zero attached hydrogens (tertiary/aromatic N) is 1. The highest BCUT2D eigenvalue weighted by Crippen LogP contribution is 2.29. The number of nitrogens with one attached hydrogen (secondary N) is 1. The van der Waals surface area contributed by atoms with Gasteiger partial charge in [-0.15, -0.1) is 0 Å². The van der Waals surface area contributed by atoms with Gasteiger partial charge in [0.1, 0.15) is 5.75 Å². The van der Waals surface area contributed by atoms with Crippen molar-refractivity contribution in [1.29, 1.82) is 0 Å². The molecule has 2 amide bonds. The lowest BCUT2D eigenvalue weighted by atomic mass is 10.3. The van der Waals surface area contributed by atoms with Crippen molar-refractivity contribution in [2.45, 2.75) is 19.1 Å². The molecule has 0 spiro atoms. The number of hydrogen-bond acceptors (Lipinski definition) is 3. The zero-order valence-electron chi connectivity index (χ0n) is 10.4. The summed E-state index contributed by atoms with van der Waals surface area (Å²) in [5.41, 5.74) is 0.364. The first-order valence-electron chi connectivity index (χ1n) is 5.94. The second-order valence-corrected chi connectivity index (χ2v) is 4.75. The van der Waals surface area contributed by atoms with Gasteiger partial charge in [-0.05, 0) is 24.6 Å². The van der Waals surface area contributed by atoms with E-state index in [0.717, 1.165) is 0 Å². The number of benzene rings is 1. The van der Waals surface area contributed by atoms with Crippen molar-refractivity contribution in [2.75, 3.05) is 18.4 Å². The highest BCUT2D eigenvalue weighted by atomic mass is 35.5. The monoisotopic (exact) mass is 306 g/mol. The van der Waals surface area contributed by atoms with Crippen molar-refractivity contribution < 1.29 is 23.4 Å². The Labute approximate surface area is 119 Å². The molecule has 5 nitrogen and oxygen atoms in total. The van der Waals surface area contributed by atoms with Crippen LogP contribution in [0.25, 0.3) is 0 Å². The Morgan fingerprint density at radius 1 is 1.55 bits per heavy atom. The summed E-state index contributed by atoms with van der Waals surface area (Å²) in [5, 5.41) is 11.9. The summed E-state index contributed by atoms with van der Waals surface area (Å²) in [7, 11) is 0. The molecule has 8 heteroatoms. The highest BCUT2D eigenvalue weighted by molar-refractivity contribution is 6.32. The number of alkyl halides is 2. The third kappa shape index (κ3) is 3.71. The van der Waals surface area contributed by atoms with E-state index in [2.05, 4.69) is 10.1 Å². The fourth-order valence-electron chi connectivity index (χ4n) is 1.90. The van der Waals surface area contributed by atoms with Gasteiger partial charge in [-0.25, -0.2) is 4.79 Å². The van der Waals surface area contributed by atoms with Gasteiger partial charge in [-0.3, -0.25) is 0 Å². The van der Waals surface area contributed by atoms with Crippen LogP contribution in [0.2, 0.25) is 5.02 Å². The summed E-state index contributed by atoms with van der Waals surface area (Å²) >= 11 is 5.78. The van der Waals surface area contributed by atoms with E-state index in [1.54, 1.807) is 0 Å². The molecule has 2 N–H and O–H groups in total. The van der Waals surface area contributed by atoms with E-state index in [4.69, 9.17) is 11.6 Å². The van der Waals surface area contributed by atoms with E-state index in [0.29, 0.717) is 18.7 Å². The quantitative estimate of drug-likeness (QED) is 0.902. The van der Waals surface area contributed by atoms with Crippen molar-refractivity contribution in [3.63, 3.8) is 0 Å². The lowest BCUT2D eigenvalue weighted by molar-refractivity contribution is -0.0497. The maximum Gasteiger partial charge on any atom is 0.387 e. The molecule has 110 valence electrons. The van der Waals surface area contributed by atoms with Gasteiger partial charge >= 0.3 is 12.6 Å². The van der Waals surface area contributed by atoms with Gasteiger partial charge in [0.2, 0.25) is 0 Å². The van der Waals surface area contributed by atoms with Crippen molar-refractivity contribution >= 4 is 23.3 Å². The van der Waals surface area contributed by atoms with Gasteiger partial charge in [0.15, 0.2) is 0 Å². The van der Waals surface area contributed by atoms with E-state index in [1.807, 2.05) is 0 Å². The summed E-state index contributed by atoms with van der Waals surface area (Å²) in [6.45, 7) is -2.22. The Balaban J connectivity index is 1.99. The fourth-order valence-corrected chi connectivity index (χ4v) is 2.12. The number of urea groups is 1. The minimum atomic E-state index is -2.96. The lowest BCUT2D eigenvalue weighted by Crippen LogP contribution is -2.33. The van der Waals surface area contributed by atoms with Crippen LogP contribution in [0.15, 0.2) is 18.2 Å². The van der Waals surface area contributed by atoms with E-state index >= 15 is 0 Å². The normalized spacial score (nSPS) is 18.4. The summed E-state index contributed by atoms with van der Waals surface area (Å²) in [4.78, 5) is 13.3. The Bertz CT molecular complexity index is 502. The Kier molecular flexibility index (Phi) is 4.61. The minimum absolute atomic E-state index is 0.0236. The molecule has 2 rings (SSSR count). The van der Waals surface area contributed by atoms with Gasteiger partial charge in [0.05, 0.1) is 11.1 Å². The third-order valence-electron chi connectivity index (χ3n) is 2.85. The molecule has 20 heavy (non-hydrogen) atoms. The number of amides is 2. The smallest absolute Gasteiger partial charge is 0.387 e. The molecule has 1 aliphatic heterocycles. The van der Waals surface area contributed by atoms with Crippen LogP contribution < -0.4 is 10.1 Å². The van der Waals surface area contributed by atoms with Crippen molar-refractivity contribution in [2.24, 2.45) is 0 Å². The van der Waals surface area contributed by atoms with Gasteiger partial charge < -0.3 is 20.1 Å². The first kappa shape index (κ1) is 14.8. The van der Waals surface area contributed by atoms with E-state index in [1.165, 1.54) is 23.1 Å². The number of likely N-dealkylation sites (tertiary alicyclic amines) is 1. The Hall–Kier alpha value is -1.60. The minimum Gasteiger partial charge on any atom is -0.433 e. The number of β-amino-alcohol motifs (C(OH)–C–C–N with tert-alkyl or cyclic N) is 1. The van der Waals surface area contributed by atoms with Crippen LogP contribution in [0, 0.1) is 0 Å². The van der Waals surface area contributed by atoms with E-state index in [-0.39, 0.29) is 23.3 Å². The van der Waals surface area contributed by atoms with Crippen LogP contribution in [-0.4, -0.2) is 41.8 Å². The second kappa shape index (κ2) is 6.23. The molecular formula is C12H13ClF2N2O3. The predicted molar refractivity (Wildman–Crippen MR) is 69.3 cm³/mol. The SMILES string of the molecule is O=C(Nc1ccc(OC(F)F)c(Cl)c1)N1CC[C@@H](O)C1. The number of anilines is 1. The molecule has 1 aromatic carbocycles. The molecular weight excluding hydrogens is 294 g/mol. The molecule has 0 aliphatic carbocycles. The van der Waals surface area contributed by atoms with Gasteiger partial charge in [0.25, 0.3) is 0 Å². The third-order valence-corrected chi connectivity index (χ3v) is 3.15. The number of ether oxygens (including phenoxy) is 1. The van der Waals surface area contributed by atoms with Gasteiger partial charge in [-0.2, -0.15) is 8.78 Å². The molecule has 1 heterocycles. The highest BCUT2D eigenvalue weighted by Gasteiger charge is 2.24. The standard InChI is InChI=1S/C12H13ClF2N2O3/c13-9-5-7(1-2-10(9)20-11(14)15)16-12(19)17-4-3-8(18)6-17/h1-2,5,8,11,18H,3-4,6H2,(H,16,19)/t8-/m1/s1. The molecule has 0 unspecified atom stereocenters. The summed E-state index contributed by atoms with van der Waals surface area (Å²) in [6, 6.07) is 3.61. The van der Waals surface area contributed by atoms with Crippen LogP contribution in [0.4, 0.5) is 19.3 Å². The van der Waals surface area contributed by atoms with Crippen molar-refractivity contribution in [1.82, 2.24) is 4.90 Å². The summed E-state index contributed by atoms with van der Waals surface area (Å²) in [5.74, 6) is -0.156. The Morgan fingerprint density at radius 3 is 2.85 bits per heavy atom. The van der Waals surface area contributed by atoms with Crippen LogP contribution in [0.3, 0.4) is 0 Å². The number of carbonyl (C=O) groups is 1. The molecule has 0 aromatic heterocycles. The Morgan fingerprint density at radius 2 is 2.30 bits per heavy atom. The zero-order chi connectivity index (χ0) is 14.7. The number of hydrogen-bond donors (Lipinski definition) is 2. The number of rotatable bonds is 3. The van der Waals surface area contributed by atoms with Crippen LogP contribution >= 0.6 is 11.6 Å². The number of halogens is 3. The second-order valence-electron chi connectivity index (χ2n) is 4.34. The van der Waals surface area contributed by atoms with Crippen LogP contribution in [0.1, 0.15) is 6.42 Å². The zero-order valence-corrected chi connectivity index (χ0v) is 11.1. The average molecular weight is 307 g/mol. The lowest BCUT2D eigenvalue weighted by Gasteiger charge is -2.17. The maximum atomic E-state index is 12.1. The van der Waals surface area contributed by atoms with Gasteiger partial charge in [0, 0.05) is 18.8 Å². The molecule has 1 aromatic rings. The molecule has 1 saturated heterocycles. The van der Waals surface area contributed by atoms with Gasteiger partial charge in [-0.1, -0.05) is 11.6 Å². The first-order chi connectivity index (χ1) is 9.45. The average Bonchev–Trinajstić information content (AvgIpc) is 2.79. The summed E-state index contributed by atoms with van der Waals surface area (Å²) in [6.07, 6.45) is 0.0289.